The van der Waals surface area contributed by atoms with Crippen molar-refractivity contribution in [1.82, 2.24) is 0 Å². The van der Waals surface area contributed by atoms with E-state index in [4.69, 9.17) is 0 Å². The van der Waals surface area contributed by atoms with E-state index < -0.39 is 0 Å². The summed E-state index contributed by atoms with van der Waals surface area (Å²) in [6.07, 6.45) is 1.44. The van der Waals surface area contributed by atoms with Crippen molar-refractivity contribution in [2.75, 3.05) is 0 Å². The number of benzene rings is 1. The number of hydrogen-bond acceptors (Lipinski definition) is 1. The molecule has 0 aliphatic rings. The fraction of sp³-hybridized carbons (Fsp3) is 0.385. The summed E-state index contributed by atoms with van der Waals surface area (Å²) in [7, 11) is 0. The van der Waals surface area contributed by atoms with E-state index in [1.807, 2.05) is 38.1 Å². The molecule has 0 aliphatic carbocycles. The summed E-state index contributed by atoms with van der Waals surface area (Å²) < 4.78 is 0. The van der Waals surface area contributed by atoms with Gasteiger partial charge in [0.1, 0.15) is 5.78 Å². The standard InChI is InChI=1S/C10H11O.C2H6.CH3.Ca/c1-9(11)7-8-10-5-3-2-4-6-10;1-2;;/h2-5H,7-8H2,1H3;1-2H3;1H3;/q-1;;-1;+2. The molecule has 2 heteroatoms. The Bertz CT molecular complexity index is 232. The zero-order valence-electron chi connectivity index (χ0n) is 10.3. The summed E-state index contributed by atoms with van der Waals surface area (Å²) in [5.74, 6) is 0.238. The van der Waals surface area contributed by atoms with Crippen molar-refractivity contribution in [3.8, 4) is 0 Å². The molecule has 1 aromatic rings. The molecule has 0 radical (unpaired) electrons. The van der Waals surface area contributed by atoms with Crippen molar-refractivity contribution >= 4 is 43.5 Å². The molecule has 0 heterocycles. The predicted molar refractivity (Wildman–Crippen MR) is 67.8 cm³/mol. The van der Waals surface area contributed by atoms with Crippen LogP contribution in [0.3, 0.4) is 0 Å². The van der Waals surface area contributed by atoms with Gasteiger partial charge in [-0.15, -0.1) is 0 Å². The molecular formula is C13H20CaO. The van der Waals surface area contributed by atoms with E-state index in [9.17, 15) is 4.79 Å². The quantitative estimate of drug-likeness (QED) is 0.578. The summed E-state index contributed by atoms with van der Waals surface area (Å²) in [6.45, 7) is 5.61. The fourth-order valence-corrected chi connectivity index (χ4v) is 0.897. The first-order valence-electron chi connectivity index (χ1n) is 4.74. The molecule has 0 saturated carbocycles. The molecule has 1 rings (SSSR count). The zero-order valence-corrected chi connectivity index (χ0v) is 12.5. The summed E-state index contributed by atoms with van der Waals surface area (Å²) in [4.78, 5) is 10.6. The van der Waals surface area contributed by atoms with Crippen molar-refractivity contribution in [2.45, 2.75) is 33.6 Å². The van der Waals surface area contributed by atoms with Crippen LogP contribution in [-0.4, -0.2) is 43.5 Å². The third-order valence-corrected chi connectivity index (χ3v) is 1.52. The summed E-state index contributed by atoms with van der Waals surface area (Å²) >= 11 is 0. The molecule has 0 unspecified atom stereocenters. The van der Waals surface area contributed by atoms with Crippen LogP contribution in [0.15, 0.2) is 24.3 Å². The SMILES string of the molecule is CC.CC(=O)CCc1[c-]cccc1.[CH3-].[Ca+2]. The largest absolute Gasteiger partial charge is 2.00 e. The molecule has 0 N–H and O–H groups in total. The molecule has 0 atom stereocenters. The van der Waals surface area contributed by atoms with E-state index >= 15 is 0 Å². The van der Waals surface area contributed by atoms with Gasteiger partial charge in [-0.3, -0.25) is 0 Å². The molecule has 0 bridgehead atoms. The Morgan fingerprint density at radius 3 is 2.33 bits per heavy atom. The van der Waals surface area contributed by atoms with E-state index in [0.29, 0.717) is 6.42 Å². The minimum Gasteiger partial charge on any atom is -0.358 e. The van der Waals surface area contributed by atoms with Crippen LogP contribution in [0, 0.1) is 13.5 Å². The number of rotatable bonds is 3. The molecule has 0 spiro atoms. The van der Waals surface area contributed by atoms with Crippen LogP contribution in [0.4, 0.5) is 0 Å². The monoisotopic (exact) mass is 232 g/mol. The molecule has 15 heavy (non-hydrogen) atoms. The Morgan fingerprint density at radius 2 is 1.93 bits per heavy atom. The van der Waals surface area contributed by atoms with Crippen LogP contribution in [0.2, 0.25) is 0 Å². The minimum absolute atomic E-state index is 0. The van der Waals surface area contributed by atoms with Gasteiger partial charge in [-0.25, -0.2) is 0 Å². The zero-order chi connectivity index (χ0) is 10.1. The second kappa shape index (κ2) is 14.1. The molecule has 0 aliphatic heterocycles. The molecular weight excluding hydrogens is 212 g/mol. The molecule has 1 nitrogen and oxygen atoms in total. The Kier molecular flexibility index (Phi) is 19.4. The van der Waals surface area contributed by atoms with Crippen molar-refractivity contribution in [1.29, 1.82) is 0 Å². The normalized spacial score (nSPS) is 7.40. The van der Waals surface area contributed by atoms with Gasteiger partial charge < -0.3 is 12.2 Å². The smallest absolute Gasteiger partial charge is 0.358 e. The van der Waals surface area contributed by atoms with E-state index in [1.165, 1.54) is 0 Å². The van der Waals surface area contributed by atoms with Crippen LogP contribution in [0.1, 0.15) is 32.8 Å². The van der Waals surface area contributed by atoms with E-state index in [2.05, 4.69) is 6.07 Å². The average Bonchev–Trinajstić information content (AvgIpc) is 2.19. The van der Waals surface area contributed by atoms with Crippen LogP contribution in [0.5, 0.6) is 0 Å². The van der Waals surface area contributed by atoms with Gasteiger partial charge in [0.15, 0.2) is 0 Å². The van der Waals surface area contributed by atoms with Gasteiger partial charge >= 0.3 is 37.7 Å². The maximum Gasteiger partial charge on any atom is 2.00 e. The predicted octanol–water partition coefficient (Wildman–Crippen LogP) is 3.10. The van der Waals surface area contributed by atoms with E-state index in [1.54, 1.807) is 6.92 Å². The van der Waals surface area contributed by atoms with Gasteiger partial charge in [-0.05, 0) is 13.3 Å². The third-order valence-electron chi connectivity index (χ3n) is 1.52. The number of Topliss-reactive ketones (excluding diaryl/α,β-unsaturated/α-hetero) is 1. The van der Waals surface area contributed by atoms with Crippen LogP contribution in [0.25, 0.3) is 0 Å². The van der Waals surface area contributed by atoms with Gasteiger partial charge in [0, 0.05) is 6.42 Å². The third kappa shape index (κ3) is 12.1. The first-order valence-corrected chi connectivity index (χ1v) is 4.74. The first kappa shape index (κ1) is 20.5. The molecule has 0 aromatic heterocycles. The second-order valence-corrected chi connectivity index (χ2v) is 2.59. The van der Waals surface area contributed by atoms with Crippen molar-refractivity contribution in [2.24, 2.45) is 0 Å². The van der Waals surface area contributed by atoms with Gasteiger partial charge in [-0.2, -0.15) is 35.9 Å². The Labute approximate surface area is 124 Å². The summed E-state index contributed by atoms with van der Waals surface area (Å²) in [5.41, 5.74) is 1.11. The van der Waals surface area contributed by atoms with Gasteiger partial charge in [0.05, 0.1) is 0 Å². The maximum absolute atomic E-state index is 10.6. The number of ketones is 1. The van der Waals surface area contributed by atoms with E-state index in [-0.39, 0.29) is 50.9 Å². The van der Waals surface area contributed by atoms with Crippen molar-refractivity contribution in [3.63, 3.8) is 0 Å². The Morgan fingerprint density at radius 1 is 1.33 bits per heavy atom. The van der Waals surface area contributed by atoms with Crippen molar-refractivity contribution in [3.05, 3.63) is 43.3 Å². The van der Waals surface area contributed by atoms with E-state index in [0.717, 1.165) is 12.0 Å². The molecule has 0 saturated heterocycles. The van der Waals surface area contributed by atoms with Crippen LogP contribution < -0.4 is 0 Å². The second-order valence-electron chi connectivity index (χ2n) is 2.59. The summed E-state index contributed by atoms with van der Waals surface area (Å²) in [5, 5.41) is 0. The number of carbonyl (C=O) groups is 1. The topological polar surface area (TPSA) is 17.1 Å². The number of hydrogen-bond donors (Lipinski definition) is 0. The van der Waals surface area contributed by atoms with Gasteiger partial charge in [0.25, 0.3) is 0 Å². The Hall–Kier alpha value is 0.150. The maximum atomic E-state index is 10.6. The van der Waals surface area contributed by atoms with Gasteiger partial charge in [0.2, 0.25) is 0 Å². The van der Waals surface area contributed by atoms with Crippen LogP contribution in [-0.2, 0) is 11.2 Å². The molecule has 0 amide bonds. The minimum atomic E-state index is 0. The van der Waals surface area contributed by atoms with Gasteiger partial charge in [-0.1, -0.05) is 13.8 Å². The fourth-order valence-electron chi connectivity index (χ4n) is 0.897. The molecule has 1 aromatic carbocycles. The molecule has 80 valence electrons. The van der Waals surface area contributed by atoms with Crippen molar-refractivity contribution < 1.29 is 4.79 Å². The number of carbonyl (C=O) groups excluding carboxylic acids is 1. The van der Waals surface area contributed by atoms with Crippen LogP contribution >= 0.6 is 0 Å². The summed E-state index contributed by atoms with van der Waals surface area (Å²) in [6, 6.07) is 10.8. The first-order chi connectivity index (χ1) is 6.29. The average molecular weight is 232 g/mol. The molecule has 0 fully saturated rings. The number of aryl methyl sites for hydroxylation is 1. The Balaban J connectivity index is -0.000000339.